The molecule has 0 aliphatic heterocycles. The third-order valence-electron chi connectivity index (χ3n) is 3.25. The lowest BCUT2D eigenvalue weighted by Crippen LogP contribution is -2.33. The molecule has 0 aliphatic carbocycles. The number of anilines is 1. The van der Waals surface area contributed by atoms with Crippen LogP contribution in [0.25, 0.3) is 0 Å². The number of carbonyl (C=O) groups excluding carboxylic acids is 1. The normalized spacial score (nSPS) is 11.0. The van der Waals surface area contributed by atoms with E-state index in [4.69, 9.17) is 11.5 Å². The van der Waals surface area contributed by atoms with Crippen molar-refractivity contribution < 1.29 is 4.79 Å². The maximum atomic E-state index is 11.3. The second kappa shape index (κ2) is 6.41. The molecule has 2 rings (SSSR count). The highest BCUT2D eigenvalue weighted by molar-refractivity contribution is 5.75. The Morgan fingerprint density at radius 3 is 2.48 bits per heavy atom. The Morgan fingerprint density at radius 2 is 1.95 bits per heavy atom. The van der Waals surface area contributed by atoms with Crippen LogP contribution >= 0.6 is 0 Å². The molecule has 6 heteroatoms. The fourth-order valence-electron chi connectivity index (χ4n) is 2.31. The van der Waals surface area contributed by atoms with Crippen LogP contribution < -0.4 is 11.5 Å². The van der Waals surface area contributed by atoms with Gasteiger partial charge in [-0.15, -0.1) is 0 Å². The SMILES string of the molecule is Cc1cc(CN(CC(N)=O)Cc2ccc(N)cc2)n(C)n1. The molecule has 0 saturated carbocycles. The number of hydrogen-bond acceptors (Lipinski definition) is 4. The van der Waals surface area contributed by atoms with Crippen molar-refractivity contribution in [1.29, 1.82) is 0 Å². The maximum absolute atomic E-state index is 11.3. The lowest BCUT2D eigenvalue weighted by Gasteiger charge is -2.20. The van der Waals surface area contributed by atoms with Gasteiger partial charge in [0.25, 0.3) is 0 Å². The van der Waals surface area contributed by atoms with Gasteiger partial charge in [-0.1, -0.05) is 12.1 Å². The Kier molecular flexibility index (Phi) is 4.59. The number of aryl methyl sites for hydroxylation is 2. The second-order valence-corrected chi connectivity index (χ2v) is 5.25. The van der Waals surface area contributed by atoms with E-state index in [-0.39, 0.29) is 12.5 Å². The molecule has 21 heavy (non-hydrogen) atoms. The summed E-state index contributed by atoms with van der Waals surface area (Å²) in [5, 5.41) is 4.32. The zero-order valence-electron chi connectivity index (χ0n) is 12.4. The number of rotatable bonds is 6. The van der Waals surface area contributed by atoms with Crippen LogP contribution in [0.5, 0.6) is 0 Å². The molecule has 0 aliphatic rings. The number of nitrogens with two attached hydrogens (primary N) is 2. The van der Waals surface area contributed by atoms with Crippen molar-refractivity contribution >= 4 is 11.6 Å². The van der Waals surface area contributed by atoms with Crippen molar-refractivity contribution in [3.63, 3.8) is 0 Å². The first-order valence-electron chi connectivity index (χ1n) is 6.78. The Bertz CT molecular complexity index is 617. The number of carbonyl (C=O) groups is 1. The molecule has 1 heterocycles. The minimum atomic E-state index is -0.343. The largest absolute Gasteiger partial charge is 0.399 e. The van der Waals surface area contributed by atoms with Crippen LogP contribution in [0, 0.1) is 6.92 Å². The summed E-state index contributed by atoms with van der Waals surface area (Å²) >= 11 is 0. The quantitative estimate of drug-likeness (QED) is 0.769. The zero-order chi connectivity index (χ0) is 15.4. The van der Waals surface area contributed by atoms with E-state index in [0.29, 0.717) is 13.1 Å². The van der Waals surface area contributed by atoms with Gasteiger partial charge in [-0.3, -0.25) is 14.4 Å². The molecule has 0 radical (unpaired) electrons. The number of nitrogens with zero attached hydrogens (tertiary/aromatic N) is 3. The van der Waals surface area contributed by atoms with Crippen molar-refractivity contribution in [2.45, 2.75) is 20.0 Å². The molecule has 1 aromatic carbocycles. The summed E-state index contributed by atoms with van der Waals surface area (Å²) in [5.41, 5.74) is 14.8. The molecule has 6 nitrogen and oxygen atoms in total. The summed E-state index contributed by atoms with van der Waals surface area (Å²) in [4.78, 5) is 13.3. The summed E-state index contributed by atoms with van der Waals surface area (Å²) in [5.74, 6) is -0.343. The molecule has 2 aromatic rings. The molecule has 1 amide bonds. The smallest absolute Gasteiger partial charge is 0.231 e. The number of amides is 1. The molecule has 112 valence electrons. The lowest BCUT2D eigenvalue weighted by molar-refractivity contribution is -0.119. The molecular formula is C15H21N5O. The van der Waals surface area contributed by atoms with Gasteiger partial charge < -0.3 is 11.5 Å². The summed E-state index contributed by atoms with van der Waals surface area (Å²) in [6, 6.07) is 9.63. The number of aromatic nitrogens is 2. The highest BCUT2D eigenvalue weighted by atomic mass is 16.1. The number of hydrogen-bond donors (Lipinski definition) is 2. The van der Waals surface area contributed by atoms with Gasteiger partial charge in [0.05, 0.1) is 17.9 Å². The van der Waals surface area contributed by atoms with Crippen LogP contribution in [-0.4, -0.2) is 27.1 Å². The molecular weight excluding hydrogens is 266 g/mol. The van der Waals surface area contributed by atoms with Crippen molar-refractivity contribution in [3.05, 3.63) is 47.3 Å². The number of primary amides is 1. The highest BCUT2D eigenvalue weighted by Gasteiger charge is 2.13. The van der Waals surface area contributed by atoms with Crippen molar-refractivity contribution in [3.8, 4) is 0 Å². The van der Waals surface area contributed by atoms with Crippen LogP contribution in [-0.2, 0) is 24.9 Å². The minimum absolute atomic E-state index is 0.203. The Balaban J connectivity index is 2.12. The molecule has 0 spiro atoms. The van der Waals surface area contributed by atoms with E-state index in [1.54, 1.807) is 0 Å². The van der Waals surface area contributed by atoms with E-state index < -0.39 is 0 Å². The van der Waals surface area contributed by atoms with E-state index in [9.17, 15) is 4.79 Å². The third kappa shape index (κ3) is 4.32. The monoisotopic (exact) mass is 287 g/mol. The summed E-state index contributed by atoms with van der Waals surface area (Å²) in [6.45, 7) is 3.40. The highest BCUT2D eigenvalue weighted by Crippen LogP contribution is 2.12. The van der Waals surface area contributed by atoms with E-state index in [2.05, 4.69) is 5.10 Å². The number of nitrogen functional groups attached to an aromatic ring is 1. The van der Waals surface area contributed by atoms with Gasteiger partial charge in [0, 0.05) is 25.8 Å². The van der Waals surface area contributed by atoms with Gasteiger partial charge in [0.1, 0.15) is 0 Å². The fourth-order valence-corrected chi connectivity index (χ4v) is 2.31. The summed E-state index contributed by atoms with van der Waals surface area (Å²) < 4.78 is 1.83. The van der Waals surface area contributed by atoms with E-state index in [1.165, 1.54) is 0 Å². The van der Waals surface area contributed by atoms with Crippen LogP contribution in [0.2, 0.25) is 0 Å². The zero-order valence-corrected chi connectivity index (χ0v) is 12.4. The first-order valence-corrected chi connectivity index (χ1v) is 6.78. The minimum Gasteiger partial charge on any atom is -0.399 e. The van der Waals surface area contributed by atoms with Gasteiger partial charge in [-0.05, 0) is 30.7 Å². The van der Waals surface area contributed by atoms with Crippen LogP contribution in [0.1, 0.15) is 17.0 Å². The molecule has 0 fully saturated rings. The summed E-state index contributed by atoms with van der Waals surface area (Å²) in [6.07, 6.45) is 0. The Morgan fingerprint density at radius 1 is 1.29 bits per heavy atom. The van der Waals surface area contributed by atoms with Crippen LogP contribution in [0.4, 0.5) is 5.69 Å². The first kappa shape index (κ1) is 15.1. The molecule has 0 atom stereocenters. The van der Waals surface area contributed by atoms with Gasteiger partial charge in [0.2, 0.25) is 5.91 Å². The van der Waals surface area contributed by atoms with Gasteiger partial charge in [-0.2, -0.15) is 5.10 Å². The maximum Gasteiger partial charge on any atom is 0.231 e. The second-order valence-electron chi connectivity index (χ2n) is 5.25. The van der Waals surface area contributed by atoms with E-state index in [0.717, 1.165) is 22.6 Å². The fraction of sp³-hybridized carbons (Fsp3) is 0.333. The number of benzene rings is 1. The molecule has 0 saturated heterocycles. The molecule has 4 N–H and O–H groups in total. The van der Waals surface area contributed by atoms with Gasteiger partial charge in [-0.25, -0.2) is 0 Å². The van der Waals surface area contributed by atoms with Crippen LogP contribution in [0.3, 0.4) is 0 Å². The van der Waals surface area contributed by atoms with Gasteiger partial charge in [0.15, 0.2) is 0 Å². The standard InChI is InChI=1S/C15H21N5O/c1-11-7-14(19(2)18-11)9-20(10-15(17)21)8-12-3-5-13(16)6-4-12/h3-7H,8-10,16H2,1-2H3,(H2,17,21). The van der Waals surface area contributed by atoms with Crippen molar-refractivity contribution in [2.75, 3.05) is 12.3 Å². The van der Waals surface area contributed by atoms with Crippen molar-refractivity contribution in [1.82, 2.24) is 14.7 Å². The predicted octanol–water partition coefficient (Wildman–Crippen LogP) is 0.798. The molecule has 1 aromatic heterocycles. The van der Waals surface area contributed by atoms with Crippen molar-refractivity contribution in [2.24, 2.45) is 12.8 Å². The average Bonchev–Trinajstić information content (AvgIpc) is 2.70. The topological polar surface area (TPSA) is 90.2 Å². The van der Waals surface area contributed by atoms with E-state index in [1.807, 2.05) is 53.9 Å². The molecule has 0 bridgehead atoms. The predicted molar refractivity (Wildman–Crippen MR) is 82.1 cm³/mol. The Labute approximate surface area is 124 Å². The average molecular weight is 287 g/mol. The van der Waals surface area contributed by atoms with Gasteiger partial charge >= 0.3 is 0 Å². The first-order chi connectivity index (χ1) is 9.94. The third-order valence-corrected chi connectivity index (χ3v) is 3.25. The van der Waals surface area contributed by atoms with E-state index >= 15 is 0 Å². The summed E-state index contributed by atoms with van der Waals surface area (Å²) in [7, 11) is 1.90. The van der Waals surface area contributed by atoms with Crippen LogP contribution in [0.15, 0.2) is 30.3 Å². The Hall–Kier alpha value is -2.34. The lowest BCUT2D eigenvalue weighted by atomic mass is 10.2. The molecule has 0 unspecified atom stereocenters.